The maximum Gasteiger partial charge on any atom is 0.208 e. The van der Waals surface area contributed by atoms with Gasteiger partial charge in [0.15, 0.2) is 0 Å². The highest BCUT2D eigenvalue weighted by Gasteiger charge is 2.14. The molecule has 130 valence electrons. The number of carbonyl (C=O) groups is 1. The predicted molar refractivity (Wildman–Crippen MR) is 99.6 cm³/mol. The molecule has 23 heavy (non-hydrogen) atoms. The van der Waals surface area contributed by atoms with Crippen molar-refractivity contribution in [2.45, 2.75) is 54.4 Å². The fourth-order valence-electron chi connectivity index (χ4n) is 2.10. The number of aliphatic imine (C=N–C) groups is 1. The van der Waals surface area contributed by atoms with Gasteiger partial charge in [-0.1, -0.05) is 53.7 Å². The van der Waals surface area contributed by atoms with Gasteiger partial charge in [-0.05, 0) is 41.9 Å². The Balaban J connectivity index is 5.40. The van der Waals surface area contributed by atoms with Gasteiger partial charge in [0.25, 0.3) is 0 Å². The molecule has 0 aliphatic carbocycles. The largest absolute Gasteiger partial charge is 0.481 e. The van der Waals surface area contributed by atoms with Crippen LogP contribution in [0.4, 0.5) is 0 Å². The van der Waals surface area contributed by atoms with Crippen LogP contribution >= 0.6 is 0 Å². The minimum Gasteiger partial charge on any atom is -0.481 e. The molecule has 0 N–H and O–H groups in total. The lowest BCUT2D eigenvalue weighted by Gasteiger charge is -2.17. The molecule has 0 spiro atoms. The lowest BCUT2D eigenvalue weighted by molar-refractivity contribution is -0.105. The van der Waals surface area contributed by atoms with Crippen molar-refractivity contribution < 1.29 is 9.53 Å². The fraction of sp³-hybridized carbons (Fsp3) is 0.600. The number of carbonyl (C=O) groups excluding carboxylic acids is 1. The number of ether oxygens (including phenoxy) is 1. The van der Waals surface area contributed by atoms with E-state index in [1.165, 1.54) is 0 Å². The van der Waals surface area contributed by atoms with Crippen LogP contribution in [0, 0.1) is 17.8 Å². The van der Waals surface area contributed by atoms with E-state index in [2.05, 4.69) is 45.7 Å². The third kappa shape index (κ3) is 7.96. The Morgan fingerprint density at radius 2 is 1.65 bits per heavy atom. The molecule has 0 heterocycles. The van der Waals surface area contributed by atoms with Crippen molar-refractivity contribution in [3.05, 3.63) is 35.3 Å². The van der Waals surface area contributed by atoms with Crippen LogP contribution in [-0.4, -0.2) is 19.6 Å². The van der Waals surface area contributed by atoms with Crippen molar-refractivity contribution >= 4 is 12.5 Å². The van der Waals surface area contributed by atoms with Crippen molar-refractivity contribution in [3.8, 4) is 0 Å². The Morgan fingerprint density at radius 1 is 1.04 bits per heavy atom. The highest BCUT2D eigenvalue weighted by molar-refractivity contribution is 5.76. The first-order valence-corrected chi connectivity index (χ1v) is 8.56. The Hall–Kier alpha value is -1.64. The maximum absolute atomic E-state index is 11.5. The Kier molecular flexibility index (Phi) is 11.0. The zero-order chi connectivity index (χ0) is 17.8. The van der Waals surface area contributed by atoms with Crippen LogP contribution in [0.25, 0.3) is 0 Å². The summed E-state index contributed by atoms with van der Waals surface area (Å²) in [5, 5.41) is 0. The van der Waals surface area contributed by atoms with Gasteiger partial charge in [0.05, 0.1) is 7.11 Å². The first kappa shape index (κ1) is 21.4. The number of methoxy groups -OCH3 is 1. The lowest BCUT2D eigenvalue weighted by Crippen LogP contribution is -2.10. The minimum atomic E-state index is 0.125. The molecule has 0 aromatic heterocycles. The molecule has 0 saturated heterocycles. The van der Waals surface area contributed by atoms with Gasteiger partial charge in [-0.15, -0.1) is 0 Å². The van der Waals surface area contributed by atoms with E-state index in [0.29, 0.717) is 11.8 Å². The summed E-state index contributed by atoms with van der Waals surface area (Å²) >= 11 is 0. The minimum absolute atomic E-state index is 0.125. The van der Waals surface area contributed by atoms with E-state index in [-0.39, 0.29) is 11.8 Å². The second kappa shape index (κ2) is 11.9. The second-order valence-electron chi connectivity index (χ2n) is 6.13. The number of allylic oxidation sites excluding steroid dienone is 5. The van der Waals surface area contributed by atoms with Crippen LogP contribution < -0.4 is 0 Å². The van der Waals surface area contributed by atoms with Crippen LogP contribution in [0.1, 0.15) is 54.4 Å². The van der Waals surface area contributed by atoms with E-state index in [4.69, 9.17) is 4.74 Å². The van der Waals surface area contributed by atoms with Gasteiger partial charge >= 0.3 is 0 Å². The average Bonchev–Trinajstić information content (AvgIpc) is 2.54. The molecule has 3 nitrogen and oxygen atoms in total. The van der Waals surface area contributed by atoms with E-state index >= 15 is 0 Å². The molecule has 0 rings (SSSR count). The van der Waals surface area contributed by atoms with E-state index in [0.717, 1.165) is 30.3 Å². The highest BCUT2D eigenvalue weighted by atomic mass is 16.5. The van der Waals surface area contributed by atoms with E-state index in [9.17, 15) is 4.79 Å². The molecule has 2 atom stereocenters. The third-order valence-electron chi connectivity index (χ3n) is 3.97. The first-order chi connectivity index (χ1) is 10.9. The van der Waals surface area contributed by atoms with Gasteiger partial charge in [-0.3, -0.25) is 4.79 Å². The van der Waals surface area contributed by atoms with Gasteiger partial charge in [-0.2, -0.15) is 0 Å². The summed E-state index contributed by atoms with van der Waals surface area (Å²) in [5.74, 6) is 1.43. The number of hydrogen-bond donors (Lipinski definition) is 0. The van der Waals surface area contributed by atoms with Crippen molar-refractivity contribution in [3.63, 3.8) is 0 Å². The van der Waals surface area contributed by atoms with Gasteiger partial charge < -0.3 is 4.74 Å². The zero-order valence-corrected chi connectivity index (χ0v) is 15.8. The summed E-state index contributed by atoms with van der Waals surface area (Å²) in [5.41, 5.74) is 1.97. The van der Waals surface area contributed by atoms with Crippen LogP contribution in [0.15, 0.2) is 40.2 Å². The van der Waals surface area contributed by atoms with Crippen molar-refractivity contribution in [1.29, 1.82) is 0 Å². The summed E-state index contributed by atoms with van der Waals surface area (Å²) in [4.78, 5) is 15.9. The number of rotatable bonds is 10. The summed E-state index contributed by atoms with van der Waals surface area (Å²) in [6, 6.07) is 0. The predicted octanol–water partition coefficient (Wildman–Crippen LogP) is 5.34. The zero-order valence-electron chi connectivity index (χ0n) is 15.8. The van der Waals surface area contributed by atoms with E-state index in [1.54, 1.807) is 7.11 Å². The van der Waals surface area contributed by atoms with Gasteiger partial charge in [-0.25, -0.2) is 4.99 Å². The topological polar surface area (TPSA) is 38.7 Å². The molecule has 3 heteroatoms. The average molecular weight is 319 g/mol. The van der Waals surface area contributed by atoms with Crippen molar-refractivity contribution in [1.82, 2.24) is 0 Å². The molecular formula is C20H33NO2. The van der Waals surface area contributed by atoms with Gasteiger partial charge in [0.1, 0.15) is 6.29 Å². The molecule has 0 aliphatic heterocycles. The molecule has 0 bridgehead atoms. The first-order valence-electron chi connectivity index (χ1n) is 8.56. The van der Waals surface area contributed by atoms with Gasteiger partial charge in [0.2, 0.25) is 5.88 Å². The van der Waals surface area contributed by atoms with Gasteiger partial charge in [0, 0.05) is 12.1 Å². The summed E-state index contributed by atoms with van der Waals surface area (Å²) < 4.78 is 5.22. The molecule has 2 unspecified atom stereocenters. The highest BCUT2D eigenvalue weighted by Crippen LogP contribution is 2.22. The summed E-state index contributed by atoms with van der Waals surface area (Å²) in [6.07, 6.45) is 10.8. The summed E-state index contributed by atoms with van der Waals surface area (Å²) in [6.45, 7) is 12.6. The molecule has 0 amide bonds. The number of hydrogen-bond acceptors (Lipinski definition) is 3. The van der Waals surface area contributed by atoms with Crippen LogP contribution in [0.5, 0.6) is 0 Å². The smallest absolute Gasteiger partial charge is 0.208 e. The van der Waals surface area contributed by atoms with Crippen LogP contribution in [0.2, 0.25) is 0 Å². The maximum atomic E-state index is 11.5. The lowest BCUT2D eigenvalue weighted by atomic mass is 9.87. The molecule has 0 fully saturated rings. The molecule has 0 aliphatic rings. The Morgan fingerprint density at radius 3 is 2.09 bits per heavy atom. The van der Waals surface area contributed by atoms with Crippen LogP contribution in [0.3, 0.4) is 0 Å². The quantitative estimate of drug-likeness (QED) is 0.179. The molecule has 0 aromatic rings. The third-order valence-corrected chi connectivity index (χ3v) is 3.97. The number of aldehydes is 1. The normalized spacial score (nSPS) is 16.8. The van der Waals surface area contributed by atoms with Crippen LogP contribution in [-0.2, 0) is 9.53 Å². The Labute approximate surface area is 142 Å². The Bertz CT molecular complexity index is 470. The second-order valence-corrected chi connectivity index (χ2v) is 6.13. The molecule has 0 saturated carbocycles. The van der Waals surface area contributed by atoms with E-state index in [1.807, 2.05) is 25.3 Å². The monoisotopic (exact) mass is 319 g/mol. The SMILES string of the molecule is CC/C=C(\N=CC(C)C(=C/CC)/C=C(/C=O)C(C)C(C)C)OC. The van der Waals surface area contributed by atoms with E-state index < -0.39 is 0 Å². The molecule has 0 aromatic carbocycles. The molecular weight excluding hydrogens is 286 g/mol. The molecule has 0 radical (unpaired) electrons. The summed E-state index contributed by atoms with van der Waals surface area (Å²) in [7, 11) is 1.63. The fourth-order valence-corrected chi connectivity index (χ4v) is 2.10. The standard InChI is InChI=1S/C20H33NO2/c1-8-10-18(12-19(14-22)17(6)15(3)4)16(5)13-21-20(23-7)11-9-2/h10-17H,8-9H2,1-7H3/b18-10+,19-12-,20-11+,21-13?. The van der Waals surface area contributed by atoms with Crippen molar-refractivity contribution in [2.24, 2.45) is 22.7 Å². The number of nitrogens with zero attached hydrogens (tertiary/aromatic N) is 1. The van der Waals surface area contributed by atoms with Crippen molar-refractivity contribution in [2.75, 3.05) is 7.11 Å².